The molecule has 0 aliphatic heterocycles. The van der Waals surface area contributed by atoms with E-state index >= 15 is 0 Å². The number of halogens is 1. The molecule has 23 heavy (non-hydrogen) atoms. The van der Waals surface area contributed by atoms with E-state index in [1.54, 1.807) is 36.5 Å². The van der Waals surface area contributed by atoms with Crippen LogP contribution in [0, 0.1) is 5.82 Å². The van der Waals surface area contributed by atoms with Crippen molar-refractivity contribution in [3.8, 4) is 11.1 Å². The number of pyridine rings is 1. The van der Waals surface area contributed by atoms with Crippen LogP contribution in [0.25, 0.3) is 32.9 Å². The van der Waals surface area contributed by atoms with Crippen LogP contribution in [-0.2, 0) is 0 Å². The molecule has 2 N–H and O–H groups in total. The van der Waals surface area contributed by atoms with Crippen LogP contribution in [0.3, 0.4) is 0 Å². The molecule has 0 radical (unpaired) electrons. The minimum absolute atomic E-state index is 0.329. The monoisotopic (exact) mass is 307 g/mol. The lowest BCUT2D eigenvalue weighted by Gasteiger charge is -2.07. The molecule has 0 amide bonds. The Morgan fingerprint density at radius 2 is 1.87 bits per heavy atom. The average Bonchev–Trinajstić information content (AvgIpc) is 2.53. The number of nitrogens with one attached hydrogen (secondary N) is 2. The number of H-pyrrole nitrogens is 2. The Morgan fingerprint density at radius 1 is 1.00 bits per heavy atom. The fourth-order valence-electron chi connectivity index (χ4n) is 2.71. The normalized spacial score (nSPS) is 11.2. The molecule has 2 aromatic carbocycles. The van der Waals surface area contributed by atoms with Crippen LogP contribution in [0.1, 0.15) is 0 Å². The highest BCUT2D eigenvalue weighted by molar-refractivity contribution is 5.95. The molecule has 2 heterocycles. The van der Waals surface area contributed by atoms with Crippen molar-refractivity contribution in [3.05, 3.63) is 75.3 Å². The van der Waals surface area contributed by atoms with Gasteiger partial charge in [-0.15, -0.1) is 0 Å². The van der Waals surface area contributed by atoms with Crippen molar-refractivity contribution in [1.29, 1.82) is 0 Å². The van der Waals surface area contributed by atoms with Crippen molar-refractivity contribution in [3.63, 3.8) is 0 Å². The smallest absolute Gasteiger partial charge is 0.307 e. The second kappa shape index (κ2) is 4.88. The van der Waals surface area contributed by atoms with E-state index in [-0.39, 0.29) is 5.82 Å². The zero-order valence-electron chi connectivity index (χ0n) is 11.8. The molecule has 5 nitrogen and oxygen atoms in total. The molecule has 4 rings (SSSR count). The quantitative estimate of drug-likeness (QED) is 0.567. The van der Waals surface area contributed by atoms with Crippen molar-refractivity contribution in [2.24, 2.45) is 0 Å². The van der Waals surface area contributed by atoms with Crippen molar-refractivity contribution in [2.45, 2.75) is 0 Å². The Bertz CT molecular complexity index is 1180. The van der Waals surface area contributed by atoms with Crippen LogP contribution < -0.4 is 11.2 Å². The Morgan fingerprint density at radius 3 is 2.74 bits per heavy atom. The van der Waals surface area contributed by atoms with Gasteiger partial charge in [0.05, 0.1) is 16.4 Å². The highest BCUT2D eigenvalue weighted by Crippen LogP contribution is 2.29. The summed E-state index contributed by atoms with van der Waals surface area (Å²) in [6.07, 6.45) is 1.63. The number of hydrogen-bond donors (Lipinski definition) is 2. The fourth-order valence-corrected chi connectivity index (χ4v) is 2.71. The van der Waals surface area contributed by atoms with E-state index in [4.69, 9.17) is 0 Å². The summed E-state index contributed by atoms with van der Waals surface area (Å²) in [5.41, 5.74) is 1.27. The first-order valence-corrected chi connectivity index (χ1v) is 6.93. The lowest BCUT2D eigenvalue weighted by Crippen LogP contribution is -2.21. The van der Waals surface area contributed by atoms with Gasteiger partial charge in [-0.25, -0.2) is 9.18 Å². The molecule has 0 unspecified atom stereocenters. The molecule has 0 fully saturated rings. The molecule has 2 aromatic heterocycles. The number of rotatable bonds is 1. The van der Waals surface area contributed by atoms with Gasteiger partial charge in [-0.1, -0.05) is 12.1 Å². The van der Waals surface area contributed by atoms with Crippen molar-refractivity contribution >= 4 is 21.8 Å². The zero-order chi connectivity index (χ0) is 16.0. The number of aromatic amines is 2. The lowest BCUT2D eigenvalue weighted by molar-refractivity contribution is 0.630. The second-order valence-corrected chi connectivity index (χ2v) is 5.20. The molecule has 4 aromatic rings. The summed E-state index contributed by atoms with van der Waals surface area (Å²) in [4.78, 5) is 32.3. The topological polar surface area (TPSA) is 78.6 Å². The molecule has 112 valence electrons. The Hall–Kier alpha value is -3.28. The third kappa shape index (κ3) is 2.20. The van der Waals surface area contributed by atoms with Gasteiger partial charge in [0.15, 0.2) is 0 Å². The molecule has 0 aliphatic rings. The molecule has 0 saturated carbocycles. The van der Waals surface area contributed by atoms with Crippen LogP contribution in [0.5, 0.6) is 0 Å². The molecule has 0 spiro atoms. The lowest BCUT2D eigenvalue weighted by atomic mass is 10.0. The van der Waals surface area contributed by atoms with Gasteiger partial charge in [-0.05, 0) is 35.9 Å². The maximum absolute atomic E-state index is 13.9. The summed E-state index contributed by atoms with van der Waals surface area (Å²) in [7, 11) is 0. The van der Waals surface area contributed by atoms with E-state index in [2.05, 4.69) is 15.0 Å². The summed E-state index contributed by atoms with van der Waals surface area (Å²) >= 11 is 0. The molecule has 6 heteroatoms. The number of aromatic nitrogens is 3. The number of fused-ring (bicyclic) bond motifs is 2. The number of hydrogen-bond acceptors (Lipinski definition) is 3. The van der Waals surface area contributed by atoms with Crippen molar-refractivity contribution < 1.29 is 4.39 Å². The van der Waals surface area contributed by atoms with E-state index < -0.39 is 11.2 Å². The maximum Gasteiger partial charge on any atom is 0.326 e. The van der Waals surface area contributed by atoms with Crippen LogP contribution in [0.15, 0.2) is 58.3 Å². The third-order valence-electron chi connectivity index (χ3n) is 3.72. The van der Waals surface area contributed by atoms with Gasteiger partial charge in [-0.3, -0.25) is 14.8 Å². The van der Waals surface area contributed by atoms with Gasteiger partial charge >= 0.3 is 5.69 Å². The summed E-state index contributed by atoms with van der Waals surface area (Å²) in [6, 6.07) is 11.3. The minimum atomic E-state index is -0.562. The van der Waals surface area contributed by atoms with Gasteiger partial charge in [-0.2, -0.15) is 0 Å². The van der Waals surface area contributed by atoms with Crippen LogP contribution in [0.2, 0.25) is 0 Å². The van der Waals surface area contributed by atoms with E-state index in [9.17, 15) is 14.0 Å². The highest BCUT2D eigenvalue weighted by atomic mass is 19.1. The van der Waals surface area contributed by atoms with Gasteiger partial charge in [0.2, 0.25) is 0 Å². The van der Waals surface area contributed by atoms with Crippen molar-refractivity contribution in [1.82, 2.24) is 15.0 Å². The number of nitrogens with zero attached hydrogens (tertiary/aromatic N) is 1. The number of benzene rings is 2. The molecule has 0 atom stereocenters. The summed E-state index contributed by atoms with van der Waals surface area (Å²) in [5.74, 6) is -0.379. The Kier molecular flexibility index (Phi) is 2.84. The van der Waals surface area contributed by atoms with Crippen LogP contribution in [0.4, 0.5) is 4.39 Å². The molecule has 0 saturated heterocycles. The standard InChI is InChI=1S/C17H10FN3O2/c18-11-6-10-2-1-5-19-15(10)12(8-11)9-3-4-14-13(7-9)16(22)21-17(23)20-14/h1-8H,(H2,20,21,22,23). The summed E-state index contributed by atoms with van der Waals surface area (Å²) < 4.78 is 13.9. The molecular formula is C17H10FN3O2. The predicted octanol–water partition coefficient (Wildman–Crippen LogP) is 2.57. The Labute approximate surface area is 128 Å². The molecule has 0 bridgehead atoms. The van der Waals surface area contributed by atoms with Gasteiger partial charge in [0.25, 0.3) is 5.56 Å². The van der Waals surface area contributed by atoms with E-state index in [1.165, 1.54) is 12.1 Å². The van der Waals surface area contributed by atoms with Crippen LogP contribution >= 0.6 is 0 Å². The summed E-state index contributed by atoms with van der Waals surface area (Å²) in [5, 5.41) is 1.01. The van der Waals surface area contributed by atoms with Gasteiger partial charge < -0.3 is 4.98 Å². The van der Waals surface area contributed by atoms with Crippen molar-refractivity contribution in [2.75, 3.05) is 0 Å². The zero-order valence-corrected chi connectivity index (χ0v) is 11.8. The van der Waals surface area contributed by atoms with E-state index in [0.717, 1.165) is 0 Å². The average molecular weight is 307 g/mol. The first-order valence-electron chi connectivity index (χ1n) is 6.93. The minimum Gasteiger partial charge on any atom is -0.307 e. The second-order valence-electron chi connectivity index (χ2n) is 5.20. The maximum atomic E-state index is 13.9. The van der Waals surface area contributed by atoms with E-state index in [1.807, 2.05) is 0 Å². The molecular weight excluding hydrogens is 297 g/mol. The van der Waals surface area contributed by atoms with Gasteiger partial charge in [0, 0.05) is 17.1 Å². The highest BCUT2D eigenvalue weighted by Gasteiger charge is 2.10. The molecule has 0 aliphatic carbocycles. The van der Waals surface area contributed by atoms with Crippen LogP contribution in [-0.4, -0.2) is 15.0 Å². The first kappa shape index (κ1) is 13.4. The van der Waals surface area contributed by atoms with E-state index in [0.29, 0.717) is 32.9 Å². The largest absolute Gasteiger partial charge is 0.326 e. The van der Waals surface area contributed by atoms with Gasteiger partial charge in [0.1, 0.15) is 5.82 Å². The SMILES string of the molecule is O=c1[nH]c(=O)c2cc(-c3cc(F)cc4cccnc34)ccc2[nH]1. The fraction of sp³-hybridized carbons (Fsp3) is 0. The first-order chi connectivity index (χ1) is 11.1. The summed E-state index contributed by atoms with van der Waals surface area (Å²) in [6.45, 7) is 0. The predicted molar refractivity (Wildman–Crippen MR) is 85.9 cm³/mol. The Balaban J connectivity index is 2.07. The third-order valence-corrected chi connectivity index (χ3v) is 3.72.